The second-order valence-corrected chi connectivity index (χ2v) is 6.70. The molecule has 3 heterocycles. The van der Waals surface area contributed by atoms with E-state index in [1.807, 2.05) is 41.2 Å². The SMILES string of the molecule is Cc1cnn(C[C@H]2CCCCN2Cc2nnnn2-c2ccccc2)c1. The lowest BCUT2D eigenvalue weighted by Gasteiger charge is -2.35. The van der Waals surface area contributed by atoms with E-state index in [1.165, 1.54) is 24.8 Å². The molecular weight excluding hydrogens is 314 g/mol. The second-order valence-electron chi connectivity index (χ2n) is 6.70. The number of aryl methyl sites for hydroxylation is 1. The number of nitrogens with zero attached hydrogens (tertiary/aromatic N) is 7. The Bertz CT molecular complexity index is 808. The maximum Gasteiger partial charge on any atom is 0.170 e. The van der Waals surface area contributed by atoms with Crippen LogP contribution in [-0.2, 0) is 13.1 Å². The van der Waals surface area contributed by atoms with E-state index in [2.05, 4.69) is 43.3 Å². The van der Waals surface area contributed by atoms with Crippen molar-refractivity contribution in [2.24, 2.45) is 0 Å². The van der Waals surface area contributed by atoms with E-state index >= 15 is 0 Å². The van der Waals surface area contributed by atoms with Gasteiger partial charge in [-0.05, 0) is 54.4 Å². The number of rotatable bonds is 5. The number of tetrazole rings is 1. The fraction of sp³-hybridized carbons (Fsp3) is 0.444. The van der Waals surface area contributed by atoms with Crippen LogP contribution < -0.4 is 0 Å². The summed E-state index contributed by atoms with van der Waals surface area (Å²) < 4.78 is 3.89. The summed E-state index contributed by atoms with van der Waals surface area (Å²) in [5.41, 5.74) is 2.20. The van der Waals surface area contributed by atoms with Crippen LogP contribution in [0.5, 0.6) is 0 Å². The monoisotopic (exact) mass is 337 g/mol. The van der Waals surface area contributed by atoms with Crippen molar-refractivity contribution in [1.82, 2.24) is 34.9 Å². The number of hydrogen-bond donors (Lipinski definition) is 0. The van der Waals surface area contributed by atoms with Crippen molar-refractivity contribution in [3.05, 3.63) is 54.1 Å². The molecule has 0 amide bonds. The Kier molecular flexibility index (Phi) is 4.56. The summed E-state index contributed by atoms with van der Waals surface area (Å²) in [5.74, 6) is 0.884. The minimum atomic E-state index is 0.467. The molecular formula is C18H23N7. The summed E-state index contributed by atoms with van der Waals surface area (Å²) in [4.78, 5) is 2.49. The van der Waals surface area contributed by atoms with Gasteiger partial charge < -0.3 is 0 Å². The molecule has 7 nitrogen and oxygen atoms in total. The third-order valence-corrected chi connectivity index (χ3v) is 4.79. The average Bonchev–Trinajstić information content (AvgIpc) is 3.26. The lowest BCUT2D eigenvalue weighted by atomic mass is 10.0. The zero-order valence-corrected chi connectivity index (χ0v) is 14.5. The molecule has 0 N–H and O–H groups in total. The summed E-state index contributed by atoms with van der Waals surface area (Å²) in [6.45, 7) is 4.83. The van der Waals surface area contributed by atoms with Gasteiger partial charge in [0.25, 0.3) is 0 Å². The Labute approximate surface area is 147 Å². The molecule has 0 saturated carbocycles. The third-order valence-electron chi connectivity index (χ3n) is 4.79. The summed E-state index contributed by atoms with van der Waals surface area (Å²) >= 11 is 0. The van der Waals surface area contributed by atoms with Gasteiger partial charge in [0.1, 0.15) is 0 Å². The van der Waals surface area contributed by atoms with Crippen molar-refractivity contribution in [1.29, 1.82) is 0 Å². The molecule has 130 valence electrons. The van der Waals surface area contributed by atoms with Crippen molar-refractivity contribution in [2.75, 3.05) is 6.54 Å². The smallest absolute Gasteiger partial charge is 0.170 e. The number of aromatic nitrogens is 6. The predicted molar refractivity (Wildman–Crippen MR) is 94.2 cm³/mol. The van der Waals surface area contributed by atoms with E-state index in [1.54, 1.807) is 0 Å². The number of para-hydroxylation sites is 1. The normalized spacial score (nSPS) is 18.5. The van der Waals surface area contributed by atoms with Crippen molar-refractivity contribution in [3.8, 4) is 5.69 Å². The summed E-state index contributed by atoms with van der Waals surface area (Å²) in [6.07, 6.45) is 7.71. The minimum absolute atomic E-state index is 0.467. The number of likely N-dealkylation sites (tertiary alicyclic amines) is 1. The van der Waals surface area contributed by atoms with E-state index in [0.717, 1.165) is 31.1 Å². The van der Waals surface area contributed by atoms with E-state index in [-0.39, 0.29) is 0 Å². The molecule has 1 atom stereocenters. The second kappa shape index (κ2) is 7.14. The molecule has 0 aliphatic carbocycles. The van der Waals surface area contributed by atoms with Crippen LogP contribution in [0.1, 0.15) is 30.7 Å². The first-order chi connectivity index (χ1) is 12.3. The van der Waals surface area contributed by atoms with Gasteiger partial charge in [0.2, 0.25) is 0 Å². The molecule has 3 aromatic rings. The van der Waals surface area contributed by atoms with Gasteiger partial charge in [0, 0.05) is 12.2 Å². The van der Waals surface area contributed by atoms with Crippen molar-refractivity contribution in [2.45, 2.75) is 45.3 Å². The Hall–Kier alpha value is -2.54. The lowest BCUT2D eigenvalue weighted by molar-refractivity contribution is 0.118. The maximum absolute atomic E-state index is 4.45. The molecule has 0 bridgehead atoms. The average molecular weight is 337 g/mol. The Morgan fingerprint density at radius 1 is 1.16 bits per heavy atom. The molecule has 25 heavy (non-hydrogen) atoms. The van der Waals surface area contributed by atoms with Crippen LogP contribution in [0, 0.1) is 6.92 Å². The molecule has 1 saturated heterocycles. The maximum atomic E-state index is 4.45. The third kappa shape index (κ3) is 3.61. The highest BCUT2D eigenvalue weighted by atomic mass is 15.5. The first-order valence-electron chi connectivity index (χ1n) is 8.85. The van der Waals surface area contributed by atoms with Crippen LogP contribution in [0.25, 0.3) is 5.69 Å². The number of piperidine rings is 1. The molecule has 7 heteroatoms. The van der Waals surface area contributed by atoms with E-state index in [9.17, 15) is 0 Å². The van der Waals surface area contributed by atoms with Gasteiger partial charge in [-0.15, -0.1) is 5.10 Å². The molecule has 1 fully saturated rings. The minimum Gasteiger partial charge on any atom is -0.291 e. The molecule has 0 spiro atoms. The first-order valence-corrected chi connectivity index (χ1v) is 8.85. The van der Waals surface area contributed by atoms with E-state index < -0.39 is 0 Å². The Morgan fingerprint density at radius 3 is 2.84 bits per heavy atom. The van der Waals surface area contributed by atoms with E-state index in [0.29, 0.717) is 6.04 Å². The van der Waals surface area contributed by atoms with Gasteiger partial charge in [-0.3, -0.25) is 9.58 Å². The zero-order chi connectivity index (χ0) is 17.1. The summed E-state index contributed by atoms with van der Waals surface area (Å²) in [5, 5.41) is 16.8. The van der Waals surface area contributed by atoms with Crippen LogP contribution in [0.15, 0.2) is 42.7 Å². The lowest BCUT2D eigenvalue weighted by Crippen LogP contribution is -2.42. The van der Waals surface area contributed by atoms with Gasteiger partial charge in [0.15, 0.2) is 5.82 Å². The fourth-order valence-electron chi connectivity index (χ4n) is 3.51. The van der Waals surface area contributed by atoms with Gasteiger partial charge in [0.05, 0.1) is 25.0 Å². The first kappa shape index (κ1) is 16.0. The van der Waals surface area contributed by atoms with E-state index in [4.69, 9.17) is 0 Å². The van der Waals surface area contributed by atoms with Gasteiger partial charge >= 0.3 is 0 Å². The van der Waals surface area contributed by atoms with Crippen molar-refractivity contribution >= 4 is 0 Å². The fourth-order valence-corrected chi connectivity index (χ4v) is 3.51. The van der Waals surface area contributed by atoms with Crippen LogP contribution in [0.3, 0.4) is 0 Å². The quantitative estimate of drug-likeness (QED) is 0.714. The van der Waals surface area contributed by atoms with Gasteiger partial charge in [-0.1, -0.05) is 24.6 Å². The molecule has 1 aliphatic heterocycles. The predicted octanol–water partition coefficient (Wildman–Crippen LogP) is 2.22. The molecule has 4 rings (SSSR count). The van der Waals surface area contributed by atoms with Gasteiger partial charge in [-0.25, -0.2) is 0 Å². The van der Waals surface area contributed by atoms with Crippen molar-refractivity contribution < 1.29 is 0 Å². The number of benzene rings is 1. The largest absolute Gasteiger partial charge is 0.291 e. The highest BCUT2D eigenvalue weighted by Gasteiger charge is 2.25. The molecule has 0 unspecified atom stereocenters. The molecule has 1 aromatic carbocycles. The highest BCUT2D eigenvalue weighted by Crippen LogP contribution is 2.21. The molecule has 2 aromatic heterocycles. The summed E-state index contributed by atoms with van der Waals surface area (Å²) in [6, 6.07) is 10.5. The topological polar surface area (TPSA) is 64.7 Å². The molecule has 1 aliphatic rings. The number of hydrogen-bond acceptors (Lipinski definition) is 5. The van der Waals surface area contributed by atoms with Crippen molar-refractivity contribution in [3.63, 3.8) is 0 Å². The van der Waals surface area contributed by atoms with Gasteiger partial charge in [-0.2, -0.15) is 9.78 Å². The van der Waals surface area contributed by atoms with Crippen LogP contribution in [-0.4, -0.2) is 47.5 Å². The zero-order valence-electron chi connectivity index (χ0n) is 14.5. The summed E-state index contributed by atoms with van der Waals surface area (Å²) in [7, 11) is 0. The Morgan fingerprint density at radius 2 is 2.04 bits per heavy atom. The highest BCUT2D eigenvalue weighted by molar-refractivity contribution is 5.30. The van der Waals surface area contributed by atoms with Crippen LogP contribution in [0.2, 0.25) is 0 Å². The Balaban J connectivity index is 1.51. The molecule has 0 radical (unpaired) electrons. The van der Waals surface area contributed by atoms with Crippen LogP contribution >= 0.6 is 0 Å². The standard InChI is InChI=1S/C18H23N7/c1-15-11-19-24(12-15)13-17-9-5-6-10-23(17)14-18-20-21-22-25(18)16-7-3-2-4-8-16/h2-4,7-8,11-12,17H,5-6,9-10,13-14H2,1H3/t17-/m1/s1. The van der Waals surface area contributed by atoms with Crippen LogP contribution in [0.4, 0.5) is 0 Å².